The Hall–Kier alpha value is -3.36. The number of oxime groups is 1. The van der Waals surface area contributed by atoms with Gasteiger partial charge in [0.15, 0.2) is 17.7 Å². The van der Waals surface area contributed by atoms with Gasteiger partial charge < -0.3 is 14.7 Å². The van der Waals surface area contributed by atoms with Crippen molar-refractivity contribution in [2.75, 3.05) is 7.11 Å². The van der Waals surface area contributed by atoms with Crippen LogP contribution < -0.4 is 4.74 Å². The monoisotopic (exact) mass is 558 g/mol. The number of aromatic hydroxyl groups is 1. The van der Waals surface area contributed by atoms with E-state index < -0.39 is 0 Å². The van der Waals surface area contributed by atoms with Crippen LogP contribution in [0.4, 0.5) is 0 Å². The molecule has 5 nitrogen and oxygen atoms in total. The highest BCUT2D eigenvalue weighted by atomic mass is 35.5. The summed E-state index contributed by atoms with van der Waals surface area (Å²) in [5.41, 5.74) is 3.90. The summed E-state index contributed by atoms with van der Waals surface area (Å²) in [6, 6.07) is 26.2. The molecule has 0 radical (unpaired) electrons. The second-order valence-electron chi connectivity index (χ2n) is 9.39. The minimum atomic E-state index is -0.376. The average molecular weight is 559 g/mol. The van der Waals surface area contributed by atoms with Crippen LogP contribution in [0.1, 0.15) is 38.4 Å². The fourth-order valence-corrected chi connectivity index (χ4v) is 7.99. The quantitative estimate of drug-likeness (QED) is 0.239. The minimum absolute atomic E-state index is 0.107. The number of rotatable bonds is 5. The van der Waals surface area contributed by atoms with Crippen molar-refractivity contribution in [2.24, 2.45) is 5.16 Å². The fourth-order valence-electron chi connectivity index (χ4n) is 5.63. The number of thiophene rings is 2. The molecular weight excluding hydrogens is 536 g/mol. The molecule has 0 bridgehead atoms. The zero-order chi connectivity index (χ0) is 25.8. The molecule has 2 aromatic heterocycles. The van der Waals surface area contributed by atoms with E-state index in [0.717, 1.165) is 42.4 Å². The predicted molar refractivity (Wildman–Crippen MR) is 154 cm³/mol. The molecule has 0 fully saturated rings. The number of halogens is 1. The Morgan fingerprint density at radius 1 is 1.03 bits per heavy atom. The van der Waals surface area contributed by atoms with Crippen molar-refractivity contribution in [3.8, 4) is 11.5 Å². The van der Waals surface area contributed by atoms with Crippen LogP contribution in [0.5, 0.6) is 11.5 Å². The lowest BCUT2D eigenvalue weighted by Gasteiger charge is -2.43. The lowest BCUT2D eigenvalue weighted by atomic mass is 9.79. The van der Waals surface area contributed by atoms with Crippen LogP contribution in [0.15, 0.2) is 89.4 Å². The van der Waals surface area contributed by atoms with Crippen molar-refractivity contribution in [2.45, 2.75) is 24.7 Å². The second kappa shape index (κ2) is 9.43. The van der Waals surface area contributed by atoms with Crippen LogP contribution in [0.25, 0.3) is 10.1 Å². The highest BCUT2D eigenvalue weighted by Gasteiger charge is 2.49. The summed E-state index contributed by atoms with van der Waals surface area (Å²) in [5, 5.41) is 19.4. The maximum atomic E-state index is 10.8. The average Bonchev–Trinajstić information content (AvgIpc) is 3.69. The summed E-state index contributed by atoms with van der Waals surface area (Å²) in [7, 11) is 1.58. The number of ether oxygens (including phenoxy) is 1. The summed E-state index contributed by atoms with van der Waals surface area (Å²) in [5.74, 6) is 0.351. The molecule has 0 saturated heterocycles. The molecule has 8 heteroatoms. The molecule has 38 heavy (non-hydrogen) atoms. The first kappa shape index (κ1) is 23.7. The van der Waals surface area contributed by atoms with Gasteiger partial charge in [-0.25, -0.2) is 4.90 Å². The first-order valence-electron chi connectivity index (χ1n) is 12.3. The number of hydrogen-bond acceptors (Lipinski definition) is 7. The van der Waals surface area contributed by atoms with Crippen molar-refractivity contribution in [3.05, 3.63) is 116 Å². The van der Waals surface area contributed by atoms with Crippen molar-refractivity contribution in [1.82, 2.24) is 4.90 Å². The smallest absolute Gasteiger partial charge is 0.195 e. The van der Waals surface area contributed by atoms with Crippen molar-refractivity contribution < 1.29 is 14.7 Å². The van der Waals surface area contributed by atoms with E-state index in [2.05, 4.69) is 39.7 Å². The van der Waals surface area contributed by atoms with Gasteiger partial charge in [0.2, 0.25) is 0 Å². The highest BCUT2D eigenvalue weighted by Crippen LogP contribution is 2.52. The van der Waals surface area contributed by atoms with Gasteiger partial charge in [-0.2, -0.15) is 0 Å². The summed E-state index contributed by atoms with van der Waals surface area (Å²) in [6.07, 6.45) is -0.376. The zero-order valence-corrected chi connectivity index (χ0v) is 22.8. The number of benzene rings is 3. The summed E-state index contributed by atoms with van der Waals surface area (Å²) >= 11 is 10.4. The van der Waals surface area contributed by atoms with E-state index in [-0.39, 0.29) is 23.9 Å². The van der Waals surface area contributed by atoms with Gasteiger partial charge in [-0.15, -0.1) is 22.7 Å². The van der Waals surface area contributed by atoms with Gasteiger partial charge in [-0.3, -0.25) is 0 Å². The Kier molecular flexibility index (Phi) is 5.89. The van der Waals surface area contributed by atoms with Crippen LogP contribution in [-0.4, -0.2) is 29.1 Å². The number of phenols is 1. The molecule has 190 valence electrons. The van der Waals surface area contributed by atoms with Gasteiger partial charge in [0.25, 0.3) is 0 Å². The Bertz CT molecular complexity index is 1670. The van der Waals surface area contributed by atoms with Crippen LogP contribution in [0, 0.1) is 0 Å². The molecular formula is C30H23ClN2O3S2. The molecule has 4 heterocycles. The third-order valence-electron chi connectivity index (χ3n) is 7.32. The van der Waals surface area contributed by atoms with Gasteiger partial charge in [0.05, 0.1) is 29.8 Å². The minimum Gasteiger partial charge on any atom is -0.504 e. The number of fused-ring (bicyclic) bond motifs is 4. The number of phenolic OH excluding ortho intramolecular Hbond substituents is 1. The first-order chi connectivity index (χ1) is 18.6. The second-order valence-corrected chi connectivity index (χ2v) is 11.9. The molecule has 3 atom stereocenters. The molecule has 0 aliphatic carbocycles. The molecule has 2 aliphatic rings. The van der Waals surface area contributed by atoms with E-state index in [0.29, 0.717) is 12.3 Å². The topological polar surface area (TPSA) is 54.3 Å². The Morgan fingerprint density at radius 3 is 2.61 bits per heavy atom. The van der Waals surface area contributed by atoms with Crippen LogP contribution in [0.2, 0.25) is 5.02 Å². The van der Waals surface area contributed by atoms with Crippen LogP contribution >= 0.6 is 34.3 Å². The van der Waals surface area contributed by atoms with Gasteiger partial charge in [0, 0.05) is 31.9 Å². The van der Waals surface area contributed by atoms with Gasteiger partial charge in [0.1, 0.15) is 0 Å². The fraction of sp³-hybridized carbons (Fsp3) is 0.167. The van der Waals surface area contributed by atoms with Crippen molar-refractivity contribution in [3.63, 3.8) is 0 Å². The molecule has 0 saturated carbocycles. The molecule has 5 aromatic rings. The van der Waals surface area contributed by atoms with Crippen LogP contribution in [0.3, 0.4) is 0 Å². The summed E-state index contributed by atoms with van der Waals surface area (Å²) in [6.45, 7) is 0.585. The van der Waals surface area contributed by atoms with E-state index in [9.17, 15) is 5.11 Å². The summed E-state index contributed by atoms with van der Waals surface area (Å²) in [4.78, 5) is 10.9. The lowest BCUT2D eigenvalue weighted by Crippen LogP contribution is -2.46. The Morgan fingerprint density at radius 2 is 1.84 bits per heavy atom. The van der Waals surface area contributed by atoms with E-state index in [1.54, 1.807) is 29.8 Å². The first-order valence-corrected chi connectivity index (χ1v) is 14.4. The van der Waals surface area contributed by atoms with Crippen LogP contribution in [-0.2, 0) is 11.4 Å². The SMILES string of the molecule is COc1cc2c(cc1O)[C@H]1C(c3ccccc3)=NO[C@H]1N(Cc1sc3ccccc3c1Cl)[C@@H]2c1cccs1. The zero-order valence-electron chi connectivity index (χ0n) is 20.4. The summed E-state index contributed by atoms with van der Waals surface area (Å²) < 4.78 is 6.73. The van der Waals surface area contributed by atoms with Gasteiger partial charge in [-0.05, 0) is 40.8 Å². The highest BCUT2D eigenvalue weighted by molar-refractivity contribution is 7.19. The van der Waals surface area contributed by atoms with E-state index in [4.69, 9.17) is 21.2 Å². The maximum absolute atomic E-state index is 10.8. The third kappa shape index (κ3) is 3.73. The predicted octanol–water partition coefficient (Wildman–Crippen LogP) is 7.78. The Labute approximate surface area is 233 Å². The molecule has 7 rings (SSSR count). The molecule has 0 amide bonds. The Balaban J connectivity index is 1.43. The molecule has 3 aromatic carbocycles. The molecule has 0 spiro atoms. The number of hydrogen-bond donors (Lipinski definition) is 1. The number of nitrogens with zero attached hydrogens (tertiary/aromatic N) is 2. The van der Waals surface area contributed by atoms with E-state index >= 15 is 0 Å². The van der Waals surface area contributed by atoms with Crippen molar-refractivity contribution in [1.29, 1.82) is 0 Å². The standard InChI is InChI=1S/C30H23ClN2O3S2/c1-35-22-15-20-19(14-21(22)34)26-28(17-8-3-2-4-9-17)32-36-30(26)33(29(20)24-12-7-13-37-24)16-25-27(31)18-10-5-6-11-23(18)38-25/h2-15,26,29-30,34H,16H2,1H3/t26-,29-,30+/m0/s1. The van der Waals surface area contributed by atoms with E-state index in [1.165, 1.54) is 4.88 Å². The third-order valence-corrected chi connectivity index (χ3v) is 9.95. The molecule has 0 unspecified atom stereocenters. The van der Waals surface area contributed by atoms with Gasteiger partial charge >= 0.3 is 0 Å². The van der Waals surface area contributed by atoms with Gasteiger partial charge in [-0.1, -0.05) is 71.4 Å². The largest absolute Gasteiger partial charge is 0.504 e. The lowest BCUT2D eigenvalue weighted by molar-refractivity contribution is -0.0722. The molecule has 2 aliphatic heterocycles. The van der Waals surface area contributed by atoms with Crippen molar-refractivity contribution >= 4 is 50.1 Å². The maximum Gasteiger partial charge on any atom is 0.195 e. The molecule has 1 N–H and O–H groups in total. The van der Waals surface area contributed by atoms with E-state index in [1.807, 2.05) is 54.6 Å². The number of methoxy groups -OCH3 is 1. The normalized spacial score (nSPS) is 20.6.